The fourth-order valence-corrected chi connectivity index (χ4v) is 1.53. The molecule has 17 heavy (non-hydrogen) atoms. The van der Waals surface area contributed by atoms with Crippen LogP contribution in [-0.2, 0) is 14.9 Å². The van der Waals surface area contributed by atoms with Crippen LogP contribution in [0.1, 0.15) is 19.3 Å². The Kier molecular flexibility index (Phi) is 6.06. The molecule has 0 heterocycles. The summed E-state index contributed by atoms with van der Waals surface area (Å²) >= 11 is 0. The van der Waals surface area contributed by atoms with Gasteiger partial charge in [0.1, 0.15) is 5.78 Å². The highest BCUT2D eigenvalue weighted by molar-refractivity contribution is 7.86. The molecule has 5 nitrogen and oxygen atoms in total. The van der Waals surface area contributed by atoms with Gasteiger partial charge in [-0.05, 0) is 19.9 Å². The summed E-state index contributed by atoms with van der Waals surface area (Å²) in [6.07, 6.45) is -4.20. The van der Waals surface area contributed by atoms with E-state index in [0.717, 1.165) is 0 Å². The zero-order valence-corrected chi connectivity index (χ0v) is 9.94. The van der Waals surface area contributed by atoms with Gasteiger partial charge in [0, 0.05) is 6.42 Å². The lowest BCUT2D eigenvalue weighted by molar-refractivity contribution is -0.118. The van der Waals surface area contributed by atoms with E-state index in [1.807, 2.05) is 0 Å². The first-order valence-corrected chi connectivity index (χ1v) is 6.22. The molecule has 0 aliphatic heterocycles. The van der Waals surface area contributed by atoms with Crippen molar-refractivity contribution in [1.82, 2.24) is 5.32 Å². The number of carbonyl (C=O) groups excluding carboxylic acids is 1. The van der Waals surface area contributed by atoms with E-state index in [1.54, 1.807) is 0 Å². The Bertz CT molecular complexity index is 358. The molecule has 0 radical (unpaired) electrons. The summed E-state index contributed by atoms with van der Waals surface area (Å²) in [6.45, 7) is 0.0334. The van der Waals surface area contributed by atoms with Crippen molar-refractivity contribution < 1.29 is 30.9 Å². The standard InChI is InChI=1S/C8H14F3NO4S/c1-12-5-6(13)3-2-4-7(9)8(10,11)17(14,15)16/h7,12H,2-5H2,1H3,(H,14,15,16). The maximum absolute atomic E-state index is 12.9. The Hall–Kier alpha value is -0.670. The topological polar surface area (TPSA) is 83.5 Å². The summed E-state index contributed by atoms with van der Waals surface area (Å²) < 4.78 is 66.7. The number of halogens is 3. The molecule has 0 aliphatic rings. The quantitative estimate of drug-likeness (QED) is 0.640. The number of nitrogens with one attached hydrogen (secondary N) is 1. The molecule has 9 heteroatoms. The molecule has 2 N–H and O–H groups in total. The second-order valence-electron chi connectivity index (χ2n) is 3.47. The minimum absolute atomic E-state index is 0.0334. The predicted octanol–water partition coefficient (Wildman–Crippen LogP) is 0.764. The van der Waals surface area contributed by atoms with Crippen molar-refractivity contribution >= 4 is 15.9 Å². The van der Waals surface area contributed by atoms with Crippen LogP contribution in [0.5, 0.6) is 0 Å². The van der Waals surface area contributed by atoms with Crippen LogP contribution in [0, 0.1) is 0 Å². The van der Waals surface area contributed by atoms with Gasteiger partial charge in [0.05, 0.1) is 6.54 Å². The summed E-state index contributed by atoms with van der Waals surface area (Å²) in [4.78, 5) is 10.9. The van der Waals surface area contributed by atoms with Crippen LogP contribution >= 0.6 is 0 Å². The molecule has 0 aromatic heterocycles. The average molecular weight is 277 g/mol. The van der Waals surface area contributed by atoms with Crippen LogP contribution in [-0.4, -0.2) is 43.8 Å². The Labute approximate surface area is 97.1 Å². The minimum atomic E-state index is -5.77. The fourth-order valence-electron chi connectivity index (χ4n) is 1.09. The van der Waals surface area contributed by atoms with Gasteiger partial charge in [0.15, 0.2) is 6.17 Å². The van der Waals surface area contributed by atoms with Crippen LogP contribution in [0.15, 0.2) is 0 Å². The summed E-state index contributed by atoms with van der Waals surface area (Å²) in [7, 11) is -4.25. The van der Waals surface area contributed by atoms with E-state index in [4.69, 9.17) is 4.55 Å². The molecule has 0 aliphatic carbocycles. The lowest BCUT2D eigenvalue weighted by Crippen LogP contribution is -2.38. The molecular weight excluding hydrogens is 263 g/mol. The van der Waals surface area contributed by atoms with Gasteiger partial charge in [-0.2, -0.15) is 17.2 Å². The van der Waals surface area contributed by atoms with E-state index in [2.05, 4.69) is 5.32 Å². The lowest BCUT2D eigenvalue weighted by atomic mass is 10.1. The molecule has 0 aromatic carbocycles. The van der Waals surface area contributed by atoms with Gasteiger partial charge < -0.3 is 5.32 Å². The van der Waals surface area contributed by atoms with E-state index in [9.17, 15) is 26.4 Å². The highest BCUT2D eigenvalue weighted by atomic mass is 32.2. The van der Waals surface area contributed by atoms with Crippen molar-refractivity contribution in [2.45, 2.75) is 30.7 Å². The molecule has 0 fully saturated rings. The predicted molar refractivity (Wildman–Crippen MR) is 54.2 cm³/mol. The summed E-state index contributed by atoms with van der Waals surface area (Å²) in [5.74, 6) is -0.296. The van der Waals surface area contributed by atoms with Crippen LogP contribution < -0.4 is 5.32 Å². The molecule has 0 bridgehead atoms. The SMILES string of the molecule is CNCC(=O)CCCC(F)C(F)(F)S(=O)(=O)O. The second kappa shape index (κ2) is 6.31. The van der Waals surface area contributed by atoms with E-state index in [0.29, 0.717) is 0 Å². The van der Waals surface area contributed by atoms with Gasteiger partial charge >= 0.3 is 15.4 Å². The molecule has 0 aromatic rings. The number of Topliss-reactive ketones (excluding diaryl/α,β-unsaturated/α-hetero) is 1. The number of hydrogen-bond donors (Lipinski definition) is 2. The number of alkyl halides is 3. The molecule has 1 unspecified atom stereocenters. The number of likely N-dealkylation sites (N-methyl/N-ethyl adjacent to an activating group) is 1. The Morgan fingerprint density at radius 3 is 2.41 bits per heavy atom. The van der Waals surface area contributed by atoms with Crippen molar-refractivity contribution in [1.29, 1.82) is 0 Å². The van der Waals surface area contributed by atoms with Gasteiger partial charge in [0.25, 0.3) is 0 Å². The largest absolute Gasteiger partial charge is 0.400 e. The minimum Gasteiger partial charge on any atom is -0.313 e. The third-order valence-electron chi connectivity index (χ3n) is 2.00. The van der Waals surface area contributed by atoms with Gasteiger partial charge in [-0.25, -0.2) is 4.39 Å². The molecule has 0 rings (SSSR count). The van der Waals surface area contributed by atoms with Gasteiger partial charge in [-0.3, -0.25) is 9.35 Å². The fraction of sp³-hybridized carbons (Fsp3) is 0.875. The van der Waals surface area contributed by atoms with Crippen LogP contribution in [0.3, 0.4) is 0 Å². The zero-order valence-electron chi connectivity index (χ0n) is 9.12. The van der Waals surface area contributed by atoms with Gasteiger partial charge in [-0.1, -0.05) is 0 Å². The molecule has 0 saturated carbocycles. The maximum atomic E-state index is 12.9. The molecule has 102 valence electrons. The number of ketones is 1. The lowest BCUT2D eigenvalue weighted by Gasteiger charge is -2.17. The normalized spacial score (nSPS) is 14.6. The number of rotatable bonds is 8. The molecule has 1 atom stereocenters. The third kappa shape index (κ3) is 5.00. The van der Waals surface area contributed by atoms with Crippen LogP contribution in [0.25, 0.3) is 0 Å². The highest BCUT2D eigenvalue weighted by Gasteiger charge is 2.52. The molecular formula is C8H14F3NO4S. The molecule has 0 saturated heterocycles. The number of hydrogen-bond acceptors (Lipinski definition) is 4. The molecule has 0 spiro atoms. The van der Waals surface area contributed by atoms with Crippen molar-refractivity contribution in [2.24, 2.45) is 0 Å². The first-order chi connectivity index (χ1) is 7.63. The monoisotopic (exact) mass is 277 g/mol. The van der Waals surface area contributed by atoms with Crippen molar-refractivity contribution in [2.75, 3.05) is 13.6 Å². The van der Waals surface area contributed by atoms with Crippen molar-refractivity contribution in [3.63, 3.8) is 0 Å². The first-order valence-electron chi connectivity index (χ1n) is 4.78. The van der Waals surface area contributed by atoms with E-state index < -0.39 is 28.0 Å². The van der Waals surface area contributed by atoms with Gasteiger partial charge in [0.2, 0.25) is 0 Å². The molecule has 0 amide bonds. The Morgan fingerprint density at radius 1 is 1.47 bits per heavy atom. The average Bonchev–Trinajstić information content (AvgIpc) is 2.16. The van der Waals surface area contributed by atoms with E-state index in [1.165, 1.54) is 7.05 Å². The van der Waals surface area contributed by atoms with E-state index >= 15 is 0 Å². The maximum Gasteiger partial charge on any atom is 0.400 e. The smallest absolute Gasteiger partial charge is 0.313 e. The van der Waals surface area contributed by atoms with E-state index in [-0.39, 0.29) is 25.2 Å². The first kappa shape index (κ1) is 16.3. The van der Waals surface area contributed by atoms with Crippen LogP contribution in [0.2, 0.25) is 0 Å². The highest BCUT2D eigenvalue weighted by Crippen LogP contribution is 2.30. The van der Waals surface area contributed by atoms with Crippen molar-refractivity contribution in [3.8, 4) is 0 Å². The van der Waals surface area contributed by atoms with Crippen LogP contribution in [0.4, 0.5) is 13.2 Å². The summed E-state index contributed by atoms with van der Waals surface area (Å²) in [5, 5.41) is -2.30. The van der Waals surface area contributed by atoms with Gasteiger partial charge in [-0.15, -0.1) is 0 Å². The zero-order chi connectivity index (χ0) is 13.7. The Balaban J connectivity index is 4.20. The number of carbonyl (C=O) groups is 1. The Morgan fingerprint density at radius 2 is 2.00 bits per heavy atom. The third-order valence-corrected chi connectivity index (χ3v) is 2.94. The summed E-state index contributed by atoms with van der Waals surface area (Å²) in [6, 6.07) is 0. The second-order valence-corrected chi connectivity index (χ2v) is 4.96. The van der Waals surface area contributed by atoms with Crippen molar-refractivity contribution in [3.05, 3.63) is 0 Å². The summed E-state index contributed by atoms with van der Waals surface area (Å²) in [5.41, 5.74) is 0.